The number of halogens is 3. The molecule has 0 amide bonds. The van der Waals surface area contributed by atoms with Gasteiger partial charge in [-0.3, -0.25) is 0 Å². The van der Waals surface area contributed by atoms with Crippen LogP contribution in [-0.2, 0) is 0 Å². The lowest BCUT2D eigenvalue weighted by atomic mass is 10.3. The van der Waals surface area contributed by atoms with Gasteiger partial charge >= 0.3 is 6.36 Å². The molecule has 6 nitrogen and oxygen atoms in total. The summed E-state index contributed by atoms with van der Waals surface area (Å²) in [7, 11) is 0. The molecule has 3 N–H and O–H groups in total. The molecule has 0 spiro atoms. The molecule has 0 fully saturated rings. The Bertz CT molecular complexity index is 575. The van der Waals surface area contributed by atoms with Gasteiger partial charge in [0.15, 0.2) is 0 Å². The van der Waals surface area contributed by atoms with Gasteiger partial charge < -0.3 is 15.8 Å². The number of nitrogens with one attached hydrogen (secondary N) is 1. The van der Waals surface area contributed by atoms with E-state index in [-0.39, 0.29) is 17.6 Å². The fraction of sp³-hybridized carbons (Fsp3) is 0.100. The van der Waals surface area contributed by atoms with E-state index in [9.17, 15) is 13.2 Å². The molecule has 1 heterocycles. The van der Waals surface area contributed by atoms with Gasteiger partial charge in [-0.2, -0.15) is 4.98 Å². The van der Waals surface area contributed by atoms with Gasteiger partial charge in [-0.25, -0.2) is 9.97 Å². The van der Waals surface area contributed by atoms with Gasteiger partial charge in [0.2, 0.25) is 11.9 Å². The van der Waals surface area contributed by atoms with Crippen molar-refractivity contribution >= 4 is 17.6 Å². The van der Waals surface area contributed by atoms with E-state index >= 15 is 0 Å². The quantitative estimate of drug-likeness (QED) is 0.889. The van der Waals surface area contributed by atoms with Crippen molar-refractivity contribution in [2.24, 2.45) is 0 Å². The molecule has 1 aromatic carbocycles. The van der Waals surface area contributed by atoms with Crippen LogP contribution in [0.5, 0.6) is 5.75 Å². The number of rotatable bonds is 3. The normalized spacial score (nSPS) is 11.1. The van der Waals surface area contributed by atoms with Crippen LogP contribution in [0.2, 0.25) is 0 Å². The van der Waals surface area contributed by atoms with Gasteiger partial charge in [-0.05, 0) is 12.1 Å². The van der Waals surface area contributed by atoms with Crippen molar-refractivity contribution in [2.75, 3.05) is 11.1 Å². The number of anilines is 3. The van der Waals surface area contributed by atoms with Crippen LogP contribution < -0.4 is 15.8 Å². The maximum absolute atomic E-state index is 12.1. The molecule has 0 radical (unpaired) electrons. The van der Waals surface area contributed by atoms with Crippen LogP contribution in [0.3, 0.4) is 0 Å². The molecule has 1 aromatic heterocycles. The number of aromatic nitrogens is 3. The lowest BCUT2D eigenvalue weighted by Gasteiger charge is -2.10. The molecule has 0 saturated heterocycles. The van der Waals surface area contributed by atoms with Crippen molar-refractivity contribution in [3.05, 3.63) is 30.6 Å². The average molecular weight is 271 g/mol. The first kappa shape index (κ1) is 12.9. The minimum Gasteiger partial charge on any atom is -0.406 e. The molecule has 0 atom stereocenters. The summed E-state index contributed by atoms with van der Waals surface area (Å²) in [6.45, 7) is 0. The van der Waals surface area contributed by atoms with Crippen molar-refractivity contribution in [3.63, 3.8) is 0 Å². The third-order valence-electron chi connectivity index (χ3n) is 1.91. The Morgan fingerprint density at radius 3 is 2.68 bits per heavy atom. The average Bonchev–Trinajstić information content (AvgIpc) is 2.27. The topological polar surface area (TPSA) is 86.0 Å². The number of nitrogen functional groups attached to an aromatic ring is 1. The molecule has 0 saturated carbocycles. The van der Waals surface area contributed by atoms with Crippen molar-refractivity contribution in [1.82, 2.24) is 15.0 Å². The lowest BCUT2D eigenvalue weighted by molar-refractivity contribution is -0.274. The molecule has 0 bridgehead atoms. The van der Waals surface area contributed by atoms with Crippen molar-refractivity contribution in [3.8, 4) is 5.75 Å². The molecule has 9 heteroatoms. The fourth-order valence-electron chi connectivity index (χ4n) is 1.27. The second-order valence-corrected chi connectivity index (χ2v) is 3.37. The maximum Gasteiger partial charge on any atom is 0.573 e. The number of ether oxygens (including phenoxy) is 1. The molecule has 0 aliphatic rings. The second-order valence-electron chi connectivity index (χ2n) is 3.37. The summed E-state index contributed by atoms with van der Waals surface area (Å²) in [6.07, 6.45) is -3.56. The molecule has 19 heavy (non-hydrogen) atoms. The van der Waals surface area contributed by atoms with E-state index < -0.39 is 6.36 Å². The monoisotopic (exact) mass is 271 g/mol. The number of hydrogen-bond acceptors (Lipinski definition) is 6. The van der Waals surface area contributed by atoms with Gasteiger partial charge in [-0.15, -0.1) is 13.2 Å². The van der Waals surface area contributed by atoms with E-state index in [4.69, 9.17) is 5.73 Å². The SMILES string of the molecule is Nc1ncnc(Nc2cccc(OC(F)(F)F)c2)n1. The Kier molecular flexibility index (Phi) is 3.36. The van der Waals surface area contributed by atoms with E-state index in [1.165, 1.54) is 24.5 Å². The van der Waals surface area contributed by atoms with Gasteiger partial charge in [0.05, 0.1) is 0 Å². The minimum absolute atomic E-state index is 0.000182. The molecule has 100 valence electrons. The highest BCUT2D eigenvalue weighted by atomic mass is 19.4. The standard InChI is InChI=1S/C10H8F3N5O/c11-10(12,13)19-7-3-1-2-6(4-7)17-9-16-5-15-8(14)18-9/h1-5H,(H3,14,15,16,17,18). The Morgan fingerprint density at radius 2 is 2.00 bits per heavy atom. The summed E-state index contributed by atoms with van der Waals surface area (Å²) in [5.41, 5.74) is 5.68. The Labute approximate surface area is 105 Å². The predicted octanol–water partition coefficient (Wildman–Crippen LogP) is 2.10. The second kappa shape index (κ2) is 4.96. The molecule has 0 unspecified atom stereocenters. The van der Waals surface area contributed by atoms with Gasteiger partial charge in [-0.1, -0.05) is 6.07 Å². The number of benzene rings is 1. The minimum atomic E-state index is -4.74. The first-order valence-electron chi connectivity index (χ1n) is 5.00. The third kappa shape index (κ3) is 3.98. The van der Waals surface area contributed by atoms with Crippen LogP contribution in [0.25, 0.3) is 0 Å². The molecular weight excluding hydrogens is 263 g/mol. The zero-order chi connectivity index (χ0) is 13.9. The lowest BCUT2D eigenvalue weighted by Crippen LogP contribution is -2.17. The van der Waals surface area contributed by atoms with Crippen LogP contribution in [0.4, 0.5) is 30.8 Å². The number of nitrogens with zero attached hydrogens (tertiary/aromatic N) is 3. The number of alkyl halides is 3. The van der Waals surface area contributed by atoms with Gasteiger partial charge in [0, 0.05) is 11.8 Å². The van der Waals surface area contributed by atoms with Crippen LogP contribution in [0, 0.1) is 0 Å². The highest BCUT2D eigenvalue weighted by Gasteiger charge is 2.31. The Balaban J connectivity index is 2.15. The largest absolute Gasteiger partial charge is 0.573 e. The predicted molar refractivity (Wildman–Crippen MR) is 60.6 cm³/mol. The van der Waals surface area contributed by atoms with Crippen molar-refractivity contribution in [1.29, 1.82) is 0 Å². The molecule has 2 rings (SSSR count). The Hall–Kier alpha value is -2.58. The van der Waals surface area contributed by atoms with E-state index in [0.717, 1.165) is 6.07 Å². The maximum atomic E-state index is 12.1. The summed E-state index contributed by atoms with van der Waals surface area (Å²) in [6, 6.07) is 5.27. The first-order chi connectivity index (χ1) is 8.92. The van der Waals surface area contributed by atoms with Crippen LogP contribution >= 0.6 is 0 Å². The zero-order valence-corrected chi connectivity index (χ0v) is 9.35. The summed E-state index contributed by atoms with van der Waals surface area (Å²) >= 11 is 0. The van der Waals surface area contributed by atoms with Crippen LogP contribution in [0.1, 0.15) is 0 Å². The summed E-state index contributed by atoms with van der Waals surface area (Å²) in [5, 5.41) is 2.68. The van der Waals surface area contributed by atoms with Crippen molar-refractivity contribution in [2.45, 2.75) is 6.36 Å². The number of hydrogen-bond donors (Lipinski definition) is 2. The highest BCUT2D eigenvalue weighted by molar-refractivity contribution is 5.56. The summed E-state index contributed by atoms with van der Waals surface area (Å²) in [4.78, 5) is 11.1. The summed E-state index contributed by atoms with van der Waals surface area (Å²) < 4.78 is 40.0. The summed E-state index contributed by atoms with van der Waals surface area (Å²) in [5.74, 6) is -0.226. The third-order valence-corrected chi connectivity index (χ3v) is 1.91. The molecule has 0 aliphatic heterocycles. The Morgan fingerprint density at radius 1 is 1.21 bits per heavy atom. The van der Waals surface area contributed by atoms with E-state index in [1.54, 1.807) is 0 Å². The van der Waals surface area contributed by atoms with Crippen LogP contribution in [0.15, 0.2) is 30.6 Å². The van der Waals surface area contributed by atoms with Crippen LogP contribution in [-0.4, -0.2) is 21.3 Å². The fourth-order valence-corrected chi connectivity index (χ4v) is 1.27. The molecular formula is C10H8F3N5O. The van der Waals surface area contributed by atoms with Gasteiger partial charge in [0.25, 0.3) is 0 Å². The number of nitrogens with two attached hydrogens (primary N) is 1. The highest BCUT2D eigenvalue weighted by Crippen LogP contribution is 2.25. The van der Waals surface area contributed by atoms with Crippen molar-refractivity contribution < 1.29 is 17.9 Å². The first-order valence-corrected chi connectivity index (χ1v) is 5.00. The van der Waals surface area contributed by atoms with Gasteiger partial charge in [0.1, 0.15) is 12.1 Å². The smallest absolute Gasteiger partial charge is 0.406 e. The molecule has 2 aromatic rings. The van der Waals surface area contributed by atoms with E-state index in [2.05, 4.69) is 25.0 Å². The molecule has 0 aliphatic carbocycles. The van der Waals surface area contributed by atoms with E-state index in [0.29, 0.717) is 5.69 Å². The zero-order valence-electron chi connectivity index (χ0n) is 9.35. The van der Waals surface area contributed by atoms with E-state index in [1.807, 2.05) is 0 Å².